The Morgan fingerprint density at radius 1 is 1.46 bits per heavy atom. The topological polar surface area (TPSA) is 36.7 Å². The van der Waals surface area contributed by atoms with Crippen LogP contribution in [0.25, 0.3) is 0 Å². The van der Waals surface area contributed by atoms with E-state index in [1.165, 1.54) is 6.42 Å². The summed E-state index contributed by atoms with van der Waals surface area (Å²) in [5.41, 5.74) is 1.52. The van der Waals surface area contributed by atoms with Gasteiger partial charge in [-0.05, 0) is 40.9 Å². The Morgan fingerprint density at radius 2 is 2.23 bits per heavy atom. The van der Waals surface area contributed by atoms with E-state index in [-0.39, 0.29) is 0 Å². The lowest BCUT2D eigenvalue weighted by Gasteiger charge is -2.25. The molecule has 2 rings (SSSR count). The molecule has 1 saturated carbocycles. The van der Waals surface area contributed by atoms with Gasteiger partial charge in [0.25, 0.3) is 0 Å². The molecule has 1 fully saturated rings. The third-order valence-electron chi connectivity index (χ3n) is 2.50. The molecule has 0 saturated heterocycles. The second kappa shape index (κ2) is 3.58. The summed E-state index contributed by atoms with van der Waals surface area (Å²) in [7, 11) is 0. The number of hydrogen-bond acceptors (Lipinski definition) is 2. The summed E-state index contributed by atoms with van der Waals surface area (Å²) in [6.07, 6.45) is 3.58. The maximum absolute atomic E-state index is 7.90. The van der Waals surface area contributed by atoms with E-state index in [4.69, 9.17) is 5.41 Å². The highest BCUT2D eigenvalue weighted by atomic mass is 79.9. The van der Waals surface area contributed by atoms with E-state index in [2.05, 4.69) is 20.9 Å². The average molecular weight is 239 g/mol. The summed E-state index contributed by atoms with van der Waals surface area (Å²) in [4.78, 5) is 4.27. The van der Waals surface area contributed by atoms with Gasteiger partial charge in [-0.25, -0.2) is 4.98 Å². The van der Waals surface area contributed by atoms with Crippen LogP contribution >= 0.6 is 15.9 Å². The monoisotopic (exact) mass is 238 g/mol. The minimum atomic E-state index is 0.460. The molecule has 1 aromatic rings. The molecule has 13 heavy (non-hydrogen) atoms. The molecule has 1 aliphatic rings. The second-order valence-electron chi connectivity index (χ2n) is 3.39. The number of pyridine rings is 1. The molecule has 0 amide bonds. The molecule has 1 aromatic heterocycles. The Balaban J connectivity index is 2.19. The summed E-state index contributed by atoms with van der Waals surface area (Å²) >= 11 is 3.31. The van der Waals surface area contributed by atoms with Crippen LogP contribution in [0.3, 0.4) is 0 Å². The quantitative estimate of drug-likeness (QED) is 0.625. The van der Waals surface area contributed by atoms with Crippen LogP contribution in [0.5, 0.6) is 0 Å². The van der Waals surface area contributed by atoms with Gasteiger partial charge in [-0.1, -0.05) is 12.5 Å². The summed E-state index contributed by atoms with van der Waals surface area (Å²) in [6, 6.07) is 5.72. The van der Waals surface area contributed by atoms with Crippen molar-refractivity contribution in [3.05, 3.63) is 28.5 Å². The molecule has 0 unspecified atom stereocenters. The predicted molar refractivity (Wildman–Crippen MR) is 56.1 cm³/mol. The molecule has 0 atom stereocenters. The summed E-state index contributed by atoms with van der Waals surface area (Å²) in [6.45, 7) is 0. The smallest absolute Gasteiger partial charge is 0.106 e. The van der Waals surface area contributed by atoms with Gasteiger partial charge in [0.15, 0.2) is 0 Å². The normalized spacial score (nSPS) is 16.7. The third-order valence-corrected chi connectivity index (χ3v) is 2.95. The van der Waals surface area contributed by atoms with Crippen LogP contribution in [0, 0.1) is 11.3 Å². The SMILES string of the molecule is N=C(c1cccc(Br)n1)C1CCC1. The molecule has 3 heteroatoms. The van der Waals surface area contributed by atoms with Crippen molar-refractivity contribution >= 4 is 21.6 Å². The van der Waals surface area contributed by atoms with Crippen LogP contribution in [0.4, 0.5) is 0 Å². The first-order valence-electron chi connectivity index (χ1n) is 4.49. The van der Waals surface area contributed by atoms with Gasteiger partial charge in [-0.15, -0.1) is 0 Å². The minimum Gasteiger partial charge on any atom is -0.303 e. The van der Waals surface area contributed by atoms with Gasteiger partial charge in [-0.3, -0.25) is 0 Å². The first kappa shape index (κ1) is 8.88. The van der Waals surface area contributed by atoms with E-state index >= 15 is 0 Å². The zero-order valence-electron chi connectivity index (χ0n) is 7.26. The summed E-state index contributed by atoms with van der Waals surface area (Å²) in [5.74, 6) is 0.460. The molecule has 0 radical (unpaired) electrons. The first-order valence-corrected chi connectivity index (χ1v) is 5.28. The van der Waals surface area contributed by atoms with Crippen LogP contribution in [-0.2, 0) is 0 Å². The van der Waals surface area contributed by atoms with Gasteiger partial charge in [0, 0.05) is 5.92 Å². The van der Waals surface area contributed by atoms with Crippen molar-refractivity contribution in [3.63, 3.8) is 0 Å². The highest BCUT2D eigenvalue weighted by molar-refractivity contribution is 9.10. The second-order valence-corrected chi connectivity index (χ2v) is 4.20. The first-order chi connectivity index (χ1) is 6.27. The highest BCUT2D eigenvalue weighted by Gasteiger charge is 2.23. The minimum absolute atomic E-state index is 0.460. The molecule has 0 aromatic carbocycles. The lowest BCUT2D eigenvalue weighted by Crippen LogP contribution is -2.22. The molecule has 68 valence electrons. The van der Waals surface area contributed by atoms with Crippen molar-refractivity contribution in [2.75, 3.05) is 0 Å². The highest BCUT2D eigenvalue weighted by Crippen LogP contribution is 2.29. The van der Waals surface area contributed by atoms with E-state index in [0.717, 1.165) is 23.1 Å². The van der Waals surface area contributed by atoms with E-state index in [1.54, 1.807) is 0 Å². The fourth-order valence-corrected chi connectivity index (χ4v) is 1.81. The van der Waals surface area contributed by atoms with Crippen molar-refractivity contribution in [3.8, 4) is 0 Å². The molecule has 1 aliphatic carbocycles. The Kier molecular flexibility index (Phi) is 2.44. The molecule has 0 aliphatic heterocycles. The zero-order chi connectivity index (χ0) is 9.26. The summed E-state index contributed by atoms with van der Waals surface area (Å²) in [5, 5.41) is 7.90. The maximum atomic E-state index is 7.90. The molecule has 0 spiro atoms. The molecule has 2 nitrogen and oxygen atoms in total. The number of halogens is 1. The van der Waals surface area contributed by atoms with Crippen molar-refractivity contribution in [2.45, 2.75) is 19.3 Å². The van der Waals surface area contributed by atoms with E-state index in [1.807, 2.05) is 18.2 Å². The van der Waals surface area contributed by atoms with Crippen molar-refractivity contribution in [1.82, 2.24) is 4.98 Å². The van der Waals surface area contributed by atoms with Crippen molar-refractivity contribution in [2.24, 2.45) is 5.92 Å². The number of hydrogen-bond donors (Lipinski definition) is 1. The third kappa shape index (κ3) is 1.80. The van der Waals surface area contributed by atoms with E-state index in [9.17, 15) is 0 Å². The Hall–Kier alpha value is -0.700. The molecular weight excluding hydrogens is 228 g/mol. The summed E-state index contributed by atoms with van der Waals surface area (Å²) < 4.78 is 0.814. The van der Waals surface area contributed by atoms with Crippen LogP contribution in [-0.4, -0.2) is 10.7 Å². The van der Waals surface area contributed by atoms with Crippen LogP contribution in [0.15, 0.2) is 22.8 Å². The van der Waals surface area contributed by atoms with Crippen molar-refractivity contribution in [1.29, 1.82) is 5.41 Å². The lowest BCUT2D eigenvalue weighted by molar-refractivity contribution is 0.412. The standard InChI is InChI=1S/C10H11BrN2/c11-9-6-2-5-8(13-9)10(12)7-3-1-4-7/h2,5-7,12H,1,3-4H2. The van der Waals surface area contributed by atoms with Crippen LogP contribution in [0.2, 0.25) is 0 Å². The average Bonchev–Trinajstić information content (AvgIpc) is 2.01. The van der Waals surface area contributed by atoms with Gasteiger partial charge in [0.05, 0.1) is 11.4 Å². The van der Waals surface area contributed by atoms with Gasteiger partial charge >= 0.3 is 0 Å². The van der Waals surface area contributed by atoms with Gasteiger partial charge in [0.1, 0.15) is 4.60 Å². The fraction of sp³-hybridized carbons (Fsp3) is 0.400. The van der Waals surface area contributed by atoms with Crippen molar-refractivity contribution < 1.29 is 0 Å². The molecule has 1 N–H and O–H groups in total. The van der Waals surface area contributed by atoms with E-state index < -0.39 is 0 Å². The number of nitrogens with one attached hydrogen (secondary N) is 1. The molecular formula is C10H11BrN2. The zero-order valence-corrected chi connectivity index (χ0v) is 8.84. The van der Waals surface area contributed by atoms with Gasteiger partial charge in [-0.2, -0.15) is 0 Å². The molecule has 0 bridgehead atoms. The van der Waals surface area contributed by atoms with E-state index in [0.29, 0.717) is 11.6 Å². The fourth-order valence-electron chi connectivity index (χ4n) is 1.46. The van der Waals surface area contributed by atoms with Gasteiger partial charge < -0.3 is 5.41 Å². The Morgan fingerprint density at radius 3 is 2.77 bits per heavy atom. The Labute approximate surface area is 86.0 Å². The predicted octanol–water partition coefficient (Wildman–Crippen LogP) is 3.01. The molecule has 1 heterocycles. The number of nitrogens with zero attached hydrogens (tertiary/aromatic N) is 1. The maximum Gasteiger partial charge on any atom is 0.106 e. The number of aromatic nitrogens is 1. The largest absolute Gasteiger partial charge is 0.303 e. The number of rotatable bonds is 2. The van der Waals surface area contributed by atoms with Crippen LogP contribution in [0.1, 0.15) is 25.0 Å². The Bertz CT molecular complexity index is 331. The lowest BCUT2D eigenvalue weighted by atomic mass is 9.80. The van der Waals surface area contributed by atoms with Gasteiger partial charge in [0.2, 0.25) is 0 Å². The van der Waals surface area contributed by atoms with Crippen LogP contribution < -0.4 is 0 Å².